The predicted molar refractivity (Wildman–Crippen MR) is 27.9 cm³/mol. The second-order valence-corrected chi connectivity index (χ2v) is 0. The summed E-state index contributed by atoms with van der Waals surface area (Å²) in [6.45, 7) is 0. The minimum atomic E-state index is 0. The minimum Gasteiger partial charge on any atom is -1.00 e. The van der Waals surface area contributed by atoms with Crippen molar-refractivity contribution < 1.29 is 53.2 Å². The molecule has 6 heavy (non-hydrogen) atoms. The van der Waals surface area contributed by atoms with Crippen LogP contribution >= 0.6 is 0 Å². The molecule has 0 saturated carbocycles. The predicted octanol–water partition coefficient (Wildman–Crippen LogP) is -2.53. The van der Waals surface area contributed by atoms with Crippen LogP contribution in [0.4, 0.5) is 0 Å². The molecule has 0 aliphatic heterocycles. The molecule has 0 aromatic rings. The van der Waals surface area contributed by atoms with Gasteiger partial charge < -0.3 is 2.85 Å². The second-order valence-electron chi connectivity index (χ2n) is 0. The van der Waals surface area contributed by atoms with Gasteiger partial charge in [0, 0.05) is 50.3 Å². The van der Waals surface area contributed by atoms with Gasteiger partial charge >= 0.3 is 23.1 Å². The molecule has 0 nitrogen and oxygen atoms in total. The van der Waals surface area contributed by atoms with Gasteiger partial charge in [-0.15, -0.1) is 0 Å². The van der Waals surface area contributed by atoms with E-state index in [0.29, 0.717) is 0 Å². The number of hydrogen-bond acceptors (Lipinski definition) is 0. The quantitative estimate of drug-likeness (QED) is 0.420. The van der Waals surface area contributed by atoms with Crippen molar-refractivity contribution in [2.75, 3.05) is 0 Å². The molecule has 6 heteroatoms. The normalized spacial score (nSPS) is 0. The SMILES string of the molecule is [Cr].[H-].[H-].[Mg+2].[Ni].[Ni].[SiH3].[SiH3]. The van der Waals surface area contributed by atoms with Crippen LogP contribution in [-0.4, -0.2) is 45.0 Å². The fourth-order valence-corrected chi connectivity index (χ4v) is 0. The van der Waals surface area contributed by atoms with Crippen LogP contribution in [0.1, 0.15) is 2.85 Å². The molecule has 0 spiro atoms. The Hall–Kier alpha value is 2.72. The van der Waals surface area contributed by atoms with Crippen molar-refractivity contribution in [2.24, 2.45) is 0 Å². The molecular formula is H8CrMgNi2Si2. The van der Waals surface area contributed by atoms with Crippen molar-refractivity contribution in [3.05, 3.63) is 0 Å². The molecule has 0 amide bonds. The smallest absolute Gasteiger partial charge is 1.00 e. The van der Waals surface area contributed by atoms with Crippen LogP contribution in [0.15, 0.2) is 0 Å². The summed E-state index contributed by atoms with van der Waals surface area (Å²) in [6, 6.07) is 0. The molecule has 0 atom stereocenters. The average Bonchev–Trinajstić information content (AvgIpc) is 0. The maximum atomic E-state index is 0. The molecule has 0 bridgehead atoms. The van der Waals surface area contributed by atoms with Crippen LogP contribution in [-0.2, 0) is 50.3 Å². The van der Waals surface area contributed by atoms with Gasteiger partial charge in [0.15, 0.2) is 0 Å². The average molecular weight is 258 g/mol. The van der Waals surface area contributed by atoms with Crippen LogP contribution in [0.2, 0.25) is 0 Å². The molecule has 0 aromatic heterocycles. The van der Waals surface area contributed by atoms with Gasteiger partial charge in [-0.05, 0) is 21.9 Å². The Morgan fingerprint density at radius 2 is 0.833 bits per heavy atom. The minimum absolute atomic E-state index is 0. The van der Waals surface area contributed by atoms with Crippen LogP contribution in [0, 0.1) is 0 Å². The molecule has 0 aromatic carbocycles. The molecule has 0 rings (SSSR count). The van der Waals surface area contributed by atoms with Crippen LogP contribution in [0.5, 0.6) is 0 Å². The van der Waals surface area contributed by atoms with Crippen molar-refractivity contribution in [1.29, 1.82) is 0 Å². The van der Waals surface area contributed by atoms with Gasteiger partial charge in [0.1, 0.15) is 0 Å². The van der Waals surface area contributed by atoms with Gasteiger partial charge in [-0.3, -0.25) is 0 Å². The first-order chi connectivity index (χ1) is 0. The number of hydrogen-bond donors (Lipinski definition) is 0. The number of rotatable bonds is 0. The topological polar surface area (TPSA) is 0 Å². The standard InChI is InChI=1S/Cr.Mg.2Ni.2H3Si.2H/h;;;;2*1H3;;/q;+2;;;;;2*-1. The zero-order valence-corrected chi connectivity index (χ0v) is 12.4. The molecule has 0 N–H and O–H groups in total. The Labute approximate surface area is 97.1 Å². The van der Waals surface area contributed by atoms with Crippen LogP contribution in [0.3, 0.4) is 0 Å². The first-order valence-corrected chi connectivity index (χ1v) is 0. The van der Waals surface area contributed by atoms with E-state index in [2.05, 4.69) is 0 Å². The summed E-state index contributed by atoms with van der Waals surface area (Å²) in [5, 5.41) is 0. The van der Waals surface area contributed by atoms with Crippen molar-refractivity contribution >= 4 is 45.0 Å². The Morgan fingerprint density at radius 1 is 0.833 bits per heavy atom. The third-order valence-electron chi connectivity index (χ3n) is 0. The largest absolute Gasteiger partial charge is 2.00 e. The Balaban J connectivity index is 0. The third kappa shape index (κ3) is 29.7. The van der Waals surface area contributed by atoms with E-state index in [4.69, 9.17) is 0 Å². The van der Waals surface area contributed by atoms with Crippen LogP contribution < -0.4 is 0 Å². The van der Waals surface area contributed by atoms with E-state index in [0.717, 1.165) is 0 Å². The summed E-state index contributed by atoms with van der Waals surface area (Å²) in [4.78, 5) is 0. The van der Waals surface area contributed by atoms with E-state index in [1.807, 2.05) is 0 Å². The molecule has 44 valence electrons. The molecule has 0 unspecified atom stereocenters. The van der Waals surface area contributed by atoms with Crippen molar-refractivity contribution in [3.8, 4) is 0 Å². The Bertz CT molecular complexity index is 18.0. The zero-order valence-electron chi connectivity index (χ0n) is 5.75. The molecule has 0 aliphatic rings. The second kappa shape index (κ2) is 47.1. The van der Waals surface area contributed by atoms with Gasteiger partial charge in [-0.1, -0.05) is 0 Å². The van der Waals surface area contributed by atoms with Gasteiger partial charge in [0.25, 0.3) is 0 Å². The molecule has 0 heterocycles. The summed E-state index contributed by atoms with van der Waals surface area (Å²) in [7, 11) is 0. The first kappa shape index (κ1) is 70.3. The maximum Gasteiger partial charge on any atom is 2.00 e. The fraction of sp³-hybridized carbons (Fsp3) is 0. The van der Waals surface area contributed by atoms with E-state index in [1.54, 1.807) is 0 Å². The van der Waals surface area contributed by atoms with E-state index in [-0.39, 0.29) is 98.2 Å². The van der Waals surface area contributed by atoms with Crippen molar-refractivity contribution in [3.63, 3.8) is 0 Å². The molecule has 2 radical (unpaired) electrons. The molecule has 0 saturated heterocycles. The monoisotopic (exact) mass is 256 g/mol. The van der Waals surface area contributed by atoms with Gasteiger partial charge in [-0.25, -0.2) is 0 Å². The van der Waals surface area contributed by atoms with E-state index in [9.17, 15) is 0 Å². The van der Waals surface area contributed by atoms with Gasteiger partial charge in [0.2, 0.25) is 0 Å². The van der Waals surface area contributed by atoms with Crippen LogP contribution in [0.25, 0.3) is 0 Å². The summed E-state index contributed by atoms with van der Waals surface area (Å²) in [6.07, 6.45) is 0. The molecule has 0 aliphatic carbocycles. The van der Waals surface area contributed by atoms with E-state index < -0.39 is 0 Å². The summed E-state index contributed by atoms with van der Waals surface area (Å²) < 4.78 is 0. The maximum absolute atomic E-state index is 0. The fourth-order valence-electron chi connectivity index (χ4n) is 0. The van der Waals surface area contributed by atoms with Crippen molar-refractivity contribution in [2.45, 2.75) is 0 Å². The van der Waals surface area contributed by atoms with E-state index >= 15 is 0 Å². The summed E-state index contributed by atoms with van der Waals surface area (Å²) in [5.74, 6) is 0. The molecular weight excluding hydrogens is 250 g/mol. The third-order valence-corrected chi connectivity index (χ3v) is 0. The summed E-state index contributed by atoms with van der Waals surface area (Å²) >= 11 is 0. The Morgan fingerprint density at radius 3 is 0.833 bits per heavy atom. The zero-order chi connectivity index (χ0) is 0. The van der Waals surface area contributed by atoms with Crippen molar-refractivity contribution in [1.82, 2.24) is 0 Å². The first-order valence-electron chi connectivity index (χ1n) is 0. The summed E-state index contributed by atoms with van der Waals surface area (Å²) in [5.41, 5.74) is 0. The Kier molecular flexibility index (Phi) is 552. The van der Waals surface area contributed by atoms with Gasteiger partial charge in [-0.2, -0.15) is 0 Å². The molecule has 0 fully saturated rings. The van der Waals surface area contributed by atoms with E-state index in [1.165, 1.54) is 0 Å². The van der Waals surface area contributed by atoms with Gasteiger partial charge in [0.05, 0.1) is 0 Å².